The molecule has 0 aromatic heterocycles. The molecule has 3 unspecified atom stereocenters. The van der Waals surface area contributed by atoms with E-state index in [1.807, 2.05) is 44.2 Å². The predicted molar refractivity (Wildman–Crippen MR) is 102 cm³/mol. The molecule has 4 N–H and O–H groups in total. The summed E-state index contributed by atoms with van der Waals surface area (Å²) in [6, 6.07) is 7.26. The molecule has 27 heavy (non-hydrogen) atoms. The summed E-state index contributed by atoms with van der Waals surface area (Å²) in [5, 5.41) is 17.9. The molecule has 1 saturated heterocycles. The number of carbonyl (C=O) groups is 3. The average molecular weight is 375 g/mol. The highest BCUT2D eigenvalue weighted by atomic mass is 16.4. The zero-order chi connectivity index (χ0) is 19.8. The number of carboxylic acids is 1. The Morgan fingerprint density at radius 2 is 1.85 bits per heavy atom. The first kappa shape index (κ1) is 20.9. The zero-order valence-corrected chi connectivity index (χ0v) is 15.9. The van der Waals surface area contributed by atoms with Crippen LogP contribution in [0.1, 0.15) is 38.7 Å². The van der Waals surface area contributed by atoms with Crippen molar-refractivity contribution in [3.05, 3.63) is 35.9 Å². The molecule has 0 aliphatic carbocycles. The molecular formula is C20H29N3O4. The number of amides is 2. The van der Waals surface area contributed by atoms with Crippen LogP contribution >= 0.6 is 0 Å². The van der Waals surface area contributed by atoms with Crippen LogP contribution in [0.5, 0.6) is 0 Å². The van der Waals surface area contributed by atoms with Crippen molar-refractivity contribution in [2.45, 2.75) is 57.7 Å². The summed E-state index contributed by atoms with van der Waals surface area (Å²) in [6.07, 6.45) is 2.29. The molecule has 1 aromatic rings. The van der Waals surface area contributed by atoms with Gasteiger partial charge in [0.05, 0.1) is 6.04 Å². The maximum atomic E-state index is 12.8. The molecule has 7 heteroatoms. The fraction of sp³-hybridized carbons (Fsp3) is 0.550. The lowest BCUT2D eigenvalue weighted by Gasteiger charge is -2.23. The number of hydrogen-bond donors (Lipinski definition) is 4. The Hall–Kier alpha value is -2.41. The number of carboxylic acid groups (broad SMARTS) is 1. The summed E-state index contributed by atoms with van der Waals surface area (Å²) < 4.78 is 0. The molecule has 1 aromatic carbocycles. The van der Waals surface area contributed by atoms with Crippen molar-refractivity contribution in [1.82, 2.24) is 16.0 Å². The molecule has 1 aliphatic rings. The van der Waals surface area contributed by atoms with Crippen LogP contribution in [0.15, 0.2) is 30.3 Å². The maximum Gasteiger partial charge on any atom is 0.326 e. The minimum absolute atomic E-state index is 0.122. The van der Waals surface area contributed by atoms with Crippen LogP contribution < -0.4 is 16.0 Å². The Labute approximate surface area is 159 Å². The number of benzene rings is 1. The summed E-state index contributed by atoms with van der Waals surface area (Å²) in [7, 11) is 0. The summed E-state index contributed by atoms with van der Waals surface area (Å²) in [5.74, 6) is -1.65. The van der Waals surface area contributed by atoms with Gasteiger partial charge in [-0.05, 0) is 37.3 Å². The minimum atomic E-state index is -1.07. The second-order valence-corrected chi connectivity index (χ2v) is 7.43. The molecule has 2 rings (SSSR count). The fourth-order valence-electron chi connectivity index (χ4n) is 3.20. The molecule has 7 nitrogen and oxygen atoms in total. The third kappa shape index (κ3) is 6.67. The average Bonchev–Trinajstić information content (AvgIpc) is 3.15. The SMILES string of the molecule is CC(C)CC(NC(=O)C(Cc1ccccc1)NC(=O)C1CCCN1)C(=O)O. The molecule has 0 bridgehead atoms. The van der Waals surface area contributed by atoms with Crippen molar-refractivity contribution in [1.29, 1.82) is 0 Å². The Kier molecular flexibility index (Phi) is 7.79. The van der Waals surface area contributed by atoms with Gasteiger partial charge in [-0.25, -0.2) is 4.79 Å². The number of aliphatic carboxylic acids is 1. The fourth-order valence-corrected chi connectivity index (χ4v) is 3.20. The topological polar surface area (TPSA) is 108 Å². The first-order valence-electron chi connectivity index (χ1n) is 9.47. The van der Waals surface area contributed by atoms with Crippen molar-refractivity contribution in [3.63, 3.8) is 0 Å². The molecule has 0 saturated carbocycles. The van der Waals surface area contributed by atoms with Gasteiger partial charge in [0.15, 0.2) is 0 Å². The van der Waals surface area contributed by atoms with Gasteiger partial charge in [0, 0.05) is 6.42 Å². The van der Waals surface area contributed by atoms with Crippen LogP contribution in [0.3, 0.4) is 0 Å². The highest BCUT2D eigenvalue weighted by Crippen LogP contribution is 2.10. The highest BCUT2D eigenvalue weighted by Gasteiger charge is 2.30. The molecule has 1 fully saturated rings. The van der Waals surface area contributed by atoms with Gasteiger partial charge in [-0.3, -0.25) is 9.59 Å². The van der Waals surface area contributed by atoms with E-state index in [2.05, 4.69) is 16.0 Å². The zero-order valence-electron chi connectivity index (χ0n) is 15.9. The first-order valence-corrected chi connectivity index (χ1v) is 9.47. The van der Waals surface area contributed by atoms with Crippen molar-refractivity contribution >= 4 is 17.8 Å². The van der Waals surface area contributed by atoms with E-state index < -0.39 is 24.0 Å². The second kappa shape index (κ2) is 10.1. The van der Waals surface area contributed by atoms with Gasteiger partial charge in [-0.1, -0.05) is 44.2 Å². The predicted octanol–water partition coefficient (Wildman–Crippen LogP) is 1.08. The first-order chi connectivity index (χ1) is 12.9. The number of carbonyl (C=O) groups excluding carboxylic acids is 2. The van der Waals surface area contributed by atoms with Gasteiger partial charge in [0.25, 0.3) is 0 Å². The van der Waals surface area contributed by atoms with Crippen LogP contribution in [-0.4, -0.2) is 47.6 Å². The molecule has 3 atom stereocenters. The molecule has 1 heterocycles. The molecule has 2 amide bonds. The summed E-state index contributed by atoms with van der Waals surface area (Å²) in [6.45, 7) is 4.58. The van der Waals surface area contributed by atoms with E-state index in [1.54, 1.807) is 0 Å². The van der Waals surface area contributed by atoms with Crippen molar-refractivity contribution < 1.29 is 19.5 Å². The number of rotatable bonds is 9. The van der Waals surface area contributed by atoms with Crippen molar-refractivity contribution in [3.8, 4) is 0 Å². The summed E-state index contributed by atoms with van der Waals surface area (Å²) >= 11 is 0. The van der Waals surface area contributed by atoms with E-state index >= 15 is 0 Å². The van der Waals surface area contributed by atoms with E-state index in [0.29, 0.717) is 12.8 Å². The molecule has 1 aliphatic heterocycles. The van der Waals surface area contributed by atoms with Gasteiger partial charge in [0.2, 0.25) is 11.8 Å². The molecular weight excluding hydrogens is 346 g/mol. The van der Waals surface area contributed by atoms with Crippen LogP contribution in [0.4, 0.5) is 0 Å². The molecule has 148 valence electrons. The number of nitrogens with one attached hydrogen (secondary N) is 3. The monoisotopic (exact) mass is 375 g/mol. The van der Waals surface area contributed by atoms with Crippen LogP contribution in [-0.2, 0) is 20.8 Å². The van der Waals surface area contributed by atoms with Gasteiger partial charge >= 0.3 is 5.97 Å². The lowest BCUT2D eigenvalue weighted by atomic mass is 10.0. The van der Waals surface area contributed by atoms with Crippen LogP contribution in [0, 0.1) is 5.92 Å². The van der Waals surface area contributed by atoms with E-state index in [4.69, 9.17) is 0 Å². The Morgan fingerprint density at radius 1 is 1.15 bits per heavy atom. The van der Waals surface area contributed by atoms with Crippen molar-refractivity contribution in [2.75, 3.05) is 6.54 Å². The Balaban J connectivity index is 2.10. The largest absolute Gasteiger partial charge is 0.480 e. The van der Waals surface area contributed by atoms with Crippen molar-refractivity contribution in [2.24, 2.45) is 5.92 Å². The summed E-state index contributed by atoms with van der Waals surface area (Å²) in [5.41, 5.74) is 0.896. The van der Waals surface area contributed by atoms with E-state index in [-0.39, 0.29) is 17.9 Å². The normalized spacial score (nSPS) is 18.7. The van der Waals surface area contributed by atoms with E-state index in [0.717, 1.165) is 24.9 Å². The van der Waals surface area contributed by atoms with Gasteiger partial charge in [-0.2, -0.15) is 0 Å². The van der Waals surface area contributed by atoms with Gasteiger partial charge in [0.1, 0.15) is 12.1 Å². The standard InChI is InChI=1S/C20H29N3O4/c1-13(2)11-17(20(26)27)23-19(25)16(12-14-7-4-3-5-8-14)22-18(24)15-9-6-10-21-15/h3-5,7-8,13,15-17,21H,6,9-12H2,1-2H3,(H,22,24)(H,23,25)(H,26,27). The number of hydrogen-bond acceptors (Lipinski definition) is 4. The van der Waals surface area contributed by atoms with Gasteiger partial charge < -0.3 is 21.1 Å². The quantitative estimate of drug-likeness (QED) is 0.517. The molecule has 0 radical (unpaired) electrons. The minimum Gasteiger partial charge on any atom is -0.480 e. The third-order valence-corrected chi connectivity index (χ3v) is 4.61. The van der Waals surface area contributed by atoms with E-state index in [9.17, 15) is 19.5 Å². The van der Waals surface area contributed by atoms with Gasteiger partial charge in [-0.15, -0.1) is 0 Å². The lowest BCUT2D eigenvalue weighted by molar-refractivity contribution is -0.142. The van der Waals surface area contributed by atoms with E-state index in [1.165, 1.54) is 0 Å². The second-order valence-electron chi connectivity index (χ2n) is 7.43. The smallest absolute Gasteiger partial charge is 0.326 e. The third-order valence-electron chi connectivity index (χ3n) is 4.61. The highest BCUT2D eigenvalue weighted by molar-refractivity contribution is 5.92. The lowest BCUT2D eigenvalue weighted by Crippen LogP contribution is -2.55. The Bertz CT molecular complexity index is 642. The Morgan fingerprint density at radius 3 is 2.41 bits per heavy atom. The summed E-state index contributed by atoms with van der Waals surface area (Å²) in [4.78, 5) is 36.7. The van der Waals surface area contributed by atoms with Crippen LogP contribution in [0.25, 0.3) is 0 Å². The van der Waals surface area contributed by atoms with Crippen LogP contribution in [0.2, 0.25) is 0 Å². The molecule has 0 spiro atoms. The maximum absolute atomic E-state index is 12.8.